The zero-order valence-electron chi connectivity index (χ0n) is 13.8. The number of ether oxygens (including phenoxy) is 1. The average Bonchev–Trinajstić information content (AvgIpc) is 2.58. The van der Waals surface area contributed by atoms with Gasteiger partial charge in [0.1, 0.15) is 0 Å². The number of halogens is 1. The van der Waals surface area contributed by atoms with Gasteiger partial charge in [-0.3, -0.25) is 14.9 Å². The van der Waals surface area contributed by atoms with Gasteiger partial charge < -0.3 is 15.4 Å². The molecule has 0 bridgehead atoms. The standard InChI is InChI=1S/C17H18ClN3O4/c1-11-3-4-12(18)9-16(11)20-17(22)14-10-13(21(23)24)5-6-15(14)19-7-8-25-2/h3-6,9-10,19H,7-8H2,1-2H3,(H,20,22). The van der Waals surface area contributed by atoms with Crippen molar-refractivity contribution in [3.63, 3.8) is 0 Å². The van der Waals surface area contributed by atoms with Gasteiger partial charge in [0.05, 0.1) is 17.1 Å². The SMILES string of the molecule is COCCNc1ccc([N+](=O)[O-])cc1C(=O)Nc1cc(Cl)ccc1C. The first-order valence-corrected chi connectivity index (χ1v) is 7.89. The summed E-state index contributed by atoms with van der Waals surface area (Å²) in [6, 6.07) is 9.22. The van der Waals surface area contributed by atoms with E-state index in [0.717, 1.165) is 5.56 Å². The number of nitro benzene ring substituents is 1. The fourth-order valence-electron chi connectivity index (χ4n) is 2.19. The molecule has 132 valence electrons. The fraction of sp³-hybridized carbons (Fsp3) is 0.235. The lowest BCUT2D eigenvalue weighted by Crippen LogP contribution is -2.17. The summed E-state index contributed by atoms with van der Waals surface area (Å²) in [6.45, 7) is 2.73. The van der Waals surface area contributed by atoms with Crippen LogP contribution in [0.3, 0.4) is 0 Å². The Morgan fingerprint density at radius 3 is 2.68 bits per heavy atom. The molecular formula is C17H18ClN3O4. The molecule has 0 aliphatic carbocycles. The molecule has 0 heterocycles. The molecule has 0 radical (unpaired) electrons. The van der Waals surface area contributed by atoms with Crippen LogP contribution >= 0.6 is 11.6 Å². The maximum absolute atomic E-state index is 12.7. The van der Waals surface area contributed by atoms with Crippen LogP contribution in [-0.4, -0.2) is 31.1 Å². The molecule has 0 atom stereocenters. The highest BCUT2D eigenvalue weighted by Gasteiger charge is 2.17. The third kappa shape index (κ3) is 4.91. The molecule has 8 heteroatoms. The predicted octanol–water partition coefficient (Wildman–Crippen LogP) is 3.87. The van der Waals surface area contributed by atoms with E-state index in [2.05, 4.69) is 10.6 Å². The highest BCUT2D eigenvalue weighted by Crippen LogP contribution is 2.25. The highest BCUT2D eigenvalue weighted by atomic mass is 35.5. The maximum atomic E-state index is 12.7. The number of aryl methyl sites for hydroxylation is 1. The number of carbonyl (C=O) groups excluding carboxylic acids is 1. The minimum absolute atomic E-state index is 0.162. The van der Waals surface area contributed by atoms with Crippen molar-refractivity contribution in [2.75, 3.05) is 30.9 Å². The minimum Gasteiger partial charge on any atom is -0.383 e. The number of nitro groups is 1. The molecule has 0 aliphatic heterocycles. The lowest BCUT2D eigenvalue weighted by atomic mass is 10.1. The van der Waals surface area contributed by atoms with E-state index in [1.54, 1.807) is 25.3 Å². The Labute approximate surface area is 150 Å². The second-order valence-corrected chi connectivity index (χ2v) is 5.76. The number of rotatable bonds is 7. The van der Waals surface area contributed by atoms with Gasteiger partial charge in [0.15, 0.2) is 0 Å². The zero-order chi connectivity index (χ0) is 18.4. The molecule has 0 aliphatic rings. The van der Waals surface area contributed by atoms with Gasteiger partial charge in [-0.05, 0) is 30.7 Å². The first-order chi connectivity index (χ1) is 11.9. The van der Waals surface area contributed by atoms with Crippen molar-refractivity contribution >= 4 is 34.6 Å². The molecular weight excluding hydrogens is 346 g/mol. The monoisotopic (exact) mass is 363 g/mol. The fourth-order valence-corrected chi connectivity index (χ4v) is 2.37. The Morgan fingerprint density at radius 1 is 1.24 bits per heavy atom. The number of non-ortho nitro benzene ring substituents is 1. The molecule has 0 fully saturated rings. The van der Waals surface area contributed by atoms with Gasteiger partial charge in [0.2, 0.25) is 0 Å². The molecule has 7 nitrogen and oxygen atoms in total. The predicted molar refractivity (Wildman–Crippen MR) is 97.6 cm³/mol. The molecule has 0 saturated carbocycles. The molecule has 0 unspecified atom stereocenters. The van der Waals surface area contributed by atoms with Gasteiger partial charge in [-0.25, -0.2) is 0 Å². The quantitative estimate of drug-likeness (QED) is 0.442. The van der Waals surface area contributed by atoms with Crippen molar-refractivity contribution in [1.29, 1.82) is 0 Å². The van der Waals surface area contributed by atoms with E-state index in [4.69, 9.17) is 16.3 Å². The van der Waals surface area contributed by atoms with Crippen LogP contribution in [0.2, 0.25) is 5.02 Å². The number of methoxy groups -OCH3 is 1. The topological polar surface area (TPSA) is 93.5 Å². The Hall–Kier alpha value is -2.64. The molecule has 2 aromatic carbocycles. The first-order valence-electron chi connectivity index (χ1n) is 7.51. The summed E-state index contributed by atoms with van der Waals surface area (Å²) in [7, 11) is 1.56. The summed E-state index contributed by atoms with van der Waals surface area (Å²) < 4.78 is 4.96. The summed E-state index contributed by atoms with van der Waals surface area (Å²) in [6.07, 6.45) is 0. The molecule has 2 rings (SSSR count). The molecule has 2 aromatic rings. The van der Waals surface area contributed by atoms with Gasteiger partial charge >= 0.3 is 0 Å². The summed E-state index contributed by atoms with van der Waals surface area (Å²) in [5.41, 5.74) is 1.87. The van der Waals surface area contributed by atoms with E-state index in [9.17, 15) is 14.9 Å². The molecule has 25 heavy (non-hydrogen) atoms. The second-order valence-electron chi connectivity index (χ2n) is 5.32. The minimum atomic E-state index is -0.541. The van der Waals surface area contributed by atoms with Crippen LogP contribution in [0.25, 0.3) is 0 Å². The summed E-state index contributed by atoms with van der Waals surface area (Å²) in [4.78, 5) is 23.1. The number of carbonyl (C=O) groups is 1. The molecule has 1 amide bonds. The van der Waals surface area contributed by atoms with Gasteiger partial charge in [0, 0.05) is 42.2 Å². The zero-order valence-corrected chi connectivity index (χ0v) is 14.6. The maximum Gasteiger partial charge on any atom is 0.270 e. The van der Waals surface area contributed by atoms with E-state index in [-0.39, 0.29) is 11.3 Å². The van der Waals surface area contributed by atoms with Gasteiger partial charge in [0.25, 0.3) is 11.6 Å². The van der Waals surface area contributed by atoms with E-state index < -0.39 is 10.8 Å². The van der Waals surface area contributed by atoms with Crippen LogP contribution in [0, 0.1) is 17.0 Å². The lowest BCUT2D eigenvalue weighted by molar-refractivity contribution is -0.384. The Bertz CT molecular complexity index is 795. The Morgan fingerprint density at radius 2 is 2.00 bits per heavy atom. The Balaban J connectivity index is 2.32. The van der Waals surface area contributed by atoms with Crippen LogP contribution in [0.5, 0.6) is 0 Å². The van der Waals surface area contributed by atoms with Crippen LogP contribution in [0.1, 0.15) is 15.9 Å². The van der Waals surface area contributed by atoms with Crippen molar-refractivity contribution in [3.8, 4) is 0 Å². The van der Waals surface area contributed by atoms with Gasteiger partial charge in [-0.2, -0.15) is 0 Å². The number of hydrogen-bond acceptors (Lipinski definition) is 5. The smallest absolute Gasteiger partial charge is 0.270 e. The summed E-state index contributed by atoms with van der Waals surface area (Å²) in [5, 5.41) is 17.3. The van der Waals surface area contributed by atoms with Crippen LogP contribution < -0.4 is 10.6 Å². The number of hydrogen-bond donors (Lipinski definition) is 2. The average molecular weight is 364 g/mol. The number of amides is 1. The summed E-state index contributed by atoms with van der Waals surface area (Å²) >= 11 is 5.96. The third-order valence-corrected chi connectivity index (χ3v) is 3.76. The number of benzene rings is 2. The van der Waals surface area contributed by atoms with Crippen molar-refractivity contribution in [3.05, 3.63) is 62.7 Å². The number of nitrogens with zero attached hydrogens (tertiary/aromatic N) is 1. The van der Waals surface area contributed by atoms with Crippen LogP contribution in [0.15, 0.2) is 36.4 Å². The molecule has 0 spiro atoms. The van der Waals surface area contributed by atoms with Crippen molar-refractivity contribution < 1.29 is 14.5 Å². The van der Waals surface area contributed by atoms with Crippen molar-refractivity contribution in [2.24, 2.45) is 0 Å². The second kappa shape index (κ2) is 8.46. The van der Waals surface area contributed by atoms with Crippen LogP contribution in [-0.2, 0) is 4.74 Å². The Kier molecular flexibility index (Phi) is 6.32. The normalized spacial score (nSPS) is 10.4. The highest BCUT2D eigenvalue weighted by molar-refractivity contribution is 6.31. The van der Waals surface area contributed by atoms with Crippen LogP contribution in [0.4, 0.5) is 17.1 Å². The lowest BCUT2D eigenvalue weighted by Gasteiger charge is -2.13. The van der Waals surface area contributed by atoms with Gasteiger partial charge in [-0.15, -0.1) is 0 Å². The number of anilines is 2. The van der Waals surface area contributed by atoms with E-state index in [1.807, 2.05) is 6.92 Å². The molecule has 2 N–H and O–H groups in total. The molecule has 0 saturated heterocycles. The van der Waals surface area contributed by atoms with E-state index in [1.165, 1.54) is 18.2 Å². The van der Waals surface area contributed by atoms with Crippen molar-refractivity contribution in [2.45, 2.75) is 6.92 Å². The van der Waals surface area contributed by atoms with E-state index >= 15 is 0 Å². The first kappa shape index (κ1) is 18.7. The number of nitrogens with one attached hydrogen (secondary N) is 2. The molecule has 0 aromatic heterocycles. The van der Waals surface area contributed by atoms with E-state index in [0.29, 0.717) is 29.5 Å². The van der Waals surface area contributed by atoms with Gasteiger partial charge in [-0.1, -0.05) is 17.7 Å². The summed E-state index contributed by atoms with van der Waals surface area (Å²) in [5.74, 6) is -0.464. The van der Waals surface area contributed by atoms with Crippen molar-refractivity contribution in [1.82, 2.24) is 0 Å². The largest absolute Gasteiger partial charge is 0.383 e. The third-order valence-electron chi connectivity index (χ3n) is 3.53.